The van der Waals surface area contributed by atoms with E-state index in [1.54, 1.807) is 0 Å². The van der Waals surface area contributed by atoms with Crippen molar-refractivity contribution in [3.05, 3.63) is 97.1 Å². The van der Waals surface area contributed by atoms with Crippen LogP contribution in [0.15, 0.2) is 97.1 Å². The van der Waals surface area contributed by atoms with Crippen LogP contribution in [0.2, 0.25) is 0 Å². The van der Waals surface area contributed by atoms with E-state index >= 15 is 0 Å². The molecule has 8 heteroatoms. The summed E-state index contributed by atoms with van der Waals surface area (Å²) in [6, 6.07) is 33.1. The quantitative estimate of drug-likeness (QED) is 0.115. The van der Waals surface area contributed by atoms with Crippen molar-refractivity contribution >= 4 is 0 Å². The highest BCUT2D eigenvalue weighted by Gasteiger charge is 2.38. The normalized spacial score (nSPS) is 18.7. The molecular formula is C44H52O8. The van der Waals surface area contributed by atoms with Gasteiger partial charge in [0.2, 0.25) is 0 Å². The van der Waals surface area contributed by atoms with Crippen LogP contribution in [0.25, 0.3) is 22.3 Å². The Labute approximate surface area is 308 Å². The molecule has 0 aliphatic carbocycles. The zero-order valence-corrected chi connectivity index (χ0v) is 30.6. The minimum absolute atomic E-state index is 0.205. The van der Waals surface area contributed by atoms with Crippen molar-refractivity contribution in [3.63, 3.8) is 0 Å². The van der Waals surface area contributed by atoms with Crippen LogP contribution < -0.4 is 18.9 Å². The van der Waals surface area contributed by atoms with Gasteiger partial charge < -0.3 is 37.9 Å². The molecule has 4 fully saturated rings. The molecule has 276 valence electrons. The van der Waals surface area contributed by atoms with E-state index in [4.69, 9.17) is 37.9 Å². The predicted octanol–water partition coefficient (Wildman–Crippen LogP) is 8.37. The van der Waals surface area contributed by atoms with Crippen molar-refractivity contribution < 1.29 is 37.9 Å². The molecule has 0 saturated carbocycles. The number of ether oxygens (including phenoxy) is 8. The van der Waals surface area contributed by atoms with E-state index in [1.165, 1.54) is 22.3 Å². The summed E-state index contributed by atoms with van der Waals surface area (Å²) in [5.41, 5.74) is 5.11. The van der Waals surface area contributed by atoms with Crippen molar-refractivity contribution in [2.24, 2.45) is 22.7 Å². The molecule has 4 heterocycles. The fourth-order valence-electron chi connectivity index (χ4n) is 6.20. The summed E-state index contributed by atoms with van der Waals surface area (Å²) in [6.07, 6.45) is 2.18. The van der Waals surface area contributed by atoms with Gasteiger partial charge in [-0.25, -0.2) is 0 Å². The van der Waals surface area contributed by atoms with E-state index in [9.17, 15) is 0 Å². The maximum absolute atomic E-state index is 5.99. The second-order valence-corrected chi connectivity index (χ2v) is 14.8. The lowest BCUT2D eigenvalue weighted by Gasteiger charge is -2.40. The summed E-state index contributed by atoms with van der Waals surface area (Å²) < 4.78 is 44.6. The van der Waals surface area contributed by atoms with Crippen LogP contribution in [-0.4, -0.2) is 79.3 Å². The topological polar surface area (TPSA) is 73.8 Å². The molecule has 0 atom stereocenters. The van der Waals surface area contributed by atoms with Gasteiger partial charge in [0.1, 0.15) is 23.0 Å². The van der Waals surface area contributed by atoms with Gasteiger partial charge in [0.15, 0.2) is 0 Å². The molecule has 0 radical (unpaired) electrons. The molecule has 52 heavy (non-hydrogen) atoms. The van der Waals surface area contributed by atoms with Gasteiger partial charge >= 0.3 is 0 Å². The lowest BCUT2D eigenvalue weighted by Crippen LogP contribution is -2.46. The summed E-state index contributed by atoms with van der Waals surface area (Å²) >= 11 is 0. The molecule has 0 amide bonds. The summed E-state index contributed by atoms with van der Waals surface area (Å²) in [5.74, 6) is 4.74. The molecule has 0 spiro atoms. The summed E-state index contributed by atoms with van der Waals surface area (Å²) in [7, 11) is 0. The van der Waals surface area contributed by atoms with E-state index in [2.05, 4.69) is 62.4 Å². The van der Waals surface area contributed by atoms with Gasteiger partial charge in [-0.15, -0.1) is 0 Å². The van der Waals surface area contributed by atoms with Gasteiger partial charge in [0.25, 0.3) is 0 Å². The van der Waals surface area contributed by atoms with Crippen LogP contribution in [0, 0.1) is 22.7 Å². The van der Waals surface area contributed by atoms with Crippen LogP contribution in [0.1, 0.15) is 26.7 Å². The van der Waals surface area contributed by atoms with Crippen LogP contribution in [0.4, 0.5) is 0 Å². The highest BCUT2D eigenvalue weighted by atomic mass is 16.5. The van der Waals surface area contributed by atoms with E-state index in [1.807, 2.05) is 48.5 Å². The molecular weight excluding hydrogens is 656 g/mol. The molecule has 0 unspecified atom stereocenters. The van der Waals surface area contributed by atoms with Crippen molar-refractivity contribution in [1.82, 2.24) is 0 Å². The fraction of sp³-hybridized carbons (Fsp3) is 0.455. The summed E-state index contributed by atoms with van der Waals surface area (Å²) in [4.78, 5) is 0. The van der Waals surface area contributed by atoms with Gasteiger partial charge in [-0.1, -0.05) is 62.4 Å². The average molecular weight is 709 g/mol. The second kappa shape index (κ2) is 17.2. The van der Waals surface area contributed by atoms with E-state index < -0.39 is 0 Å². The highest BCUT2D eigenvalue weighted by molar-refractivity contribution is 5.65. The Balaban J connectivity index is 0.000000164. The molecule has 0 aromatic heterocycles. The number of benzene rings is 4. The monoisotopic (exact) mass is 708 g/mol. The van der Waals surface area contributed by atoms with E-state index in [0.717, 1.165) is 115 Å². The van der Waals surface area contributed by atoms with Gasteiger partial charge in [-0.05, 0) is 83.6 Å². The molecule has 4 aromatic carbocycles. The fourth-order valence-corrected chi connectivity index (χ4v) is 6.20. The van der Waals surface area contributed by atoms with Crippen molar-refractivity contribution in [2.45, 2.75) is 26.7 Å². The van der Waals surface area contributed by atoms with Crippen LogP contribution in [0.5, 0.6) is 23.0 Å². The minimum atomic E-state index is 0.205. The molecule has 0 bridgehead atoms. The number of rotatable bonds is 16. The predicted molar refractivity (Wildman–Crippen MR) is 201 cm³/mol. The minimum Gasteiger partial charge on any atom is -0.493 e. The van der Waals surface area contributed by atoms with Gasteiger partial charge in [-0.2, -0.15) is 0 Å². The Bertz CT molecular complexity index is 1520. The Morgan fingerprint density at radius 1 is 0.423 bits per heavy atom. The second-order valence-electron chi connectivity index (χ2n) is 14.8. The molecule has 8 rings (SSSR count). The third kappa shape index (κ3) is 9.28. The van der Waals surface area contributed by atoms with Gasteiger partial charge in [0, 0.05) is 11.8 Å². The van der Waals surface area contributed by atoms with Crippen LogP contribution in [-0.2, 0) is 18.9 Å². The average Bonchev–Trinajstić information content (AvgIpc) is 3.11. The largest absolute Gasteiger partial charge is 0.493 e. The highest BCUT2D eigenvalue weighted by Crippen LogP contribution is 2.34. The van der Waals surface area contributed by atoms with Crippen molar-refractivity contribution in [2.75, 3.05) is 79.3 Å². The summed E-state index contributed by atoms with van der Waals surface area (Å²) in [6.45, 7) is 13.8. The first-order chi connectivity index (χ1) is 25.5. The number of hydrogen-bond acceptors (Lipinski definition) is 8. The standard InChI is InChI=1S/C24H30O4.C20H22O4/c1-3-23(13-25-14-23)17-27-21-9-5-19(6-10-21)20-7-11-22(12-8-20)28-18-24(4-2)15-26-16-24;1-5-19(23-13-15-9-21-10-15)6-2-17(1)18-3-7-20(8-4-18)24-14-16-11-22-12-16/h5-12H,3-4,13-18H2,1-2H3;1-8,15-16H,9-14H2. The molecule has 4 saturated heterocycles. The zero-order chi connectivity index (χ0) is 35.6. The lowest BCUT2D eigenvalue weighted by molar-refractivity contribution is -0.133. The Kier molecular flexibility index (Phi) is 12.0. The molecule has 4 aliphatic rings. The number of hydrogen-bond donors (Lipinski definition) is 0. The third-order valence-corrected chi connectivity index (χ3v) is 10.7. The van der Waals surface area contributed by atoms with E-state index in [0.29, 0.717) is 11.8 Å². The molecule has 0 N–H and O–H groups in total. The lowest BCUT2D eigenvalue weighted by atomic mass is 9.84. The Hall–Kier alpha value is -4.08. The Morgan fingerprint density at radius 2 is 0.712 bits per heavy atom. The van der Waals surface area contributed by atoms with Crippen molar-refractivity contribution in [1.29, 1.82) is 0 Å². The zero-order valence-electron chi connectivity index (χ0n) is 30.6. The molecule has 4 aliphatic heterocycles. The van der Waals surface area contributed by atoms with Crippen molar-refractivity contribution in [3.8, 4) is 45.3 Å². The first-order valence-corrected chi connectivity index (χ1v) is 18.8. The first-order valence-electron chi connectivity index (χ1n) is 18.8. The van der Waals surface area contributed by atoms with E-state index in [-0.39, 0.29) is 10.8 Å². The van der Waals surface area contributed by atoms with Crippen LogP contribution >= 0.6 is 0 Å². The third-order valence-electron chi connectivity index (χ3n) is 10.7. The smallest absolute Gasteiger partial charge is 0.119 e. The first kappa shape index (κ1) is 36.3. The summed E-state index contributed by atoms with van der Waals surface area (Å²) in [5, 5.41) is 0. The molecule has 8 nitrogen and oxygen atoms in total. The van der Waals surface area contributed by atoms with Gasteiger partial charge in [-0.3, -0.25) is 0 Å². The van der Waals surface area contributed by atoms with Crippen LogP contribution in [0.3, 0.4) is 0 Å². The molecule has 4 aromatic rings. The maximum Gasteiger partial charge on any atom is 0.119 e. The SMILES string of the molecule is CCC1(COc2ccc(-c3ccc(OCC4(CC)COC4)cc3)cc2)COC1.c1cc(-c2ccc(OCC3COC3)cc2)ccc1OCC1COC1. The Morgan fingerprint density at radius 3 is 0.923 bits per heavy atom. The van der Waals surface area contributed by atoms with Gasteiger partial charge in [0.05, 0.1) is 90.1 Å². The maximum atomic E-state index is 5.99.